The molecule has 1 aliphatic heterocycles. The molecule has 1 fully saturated rings. The standard InChI is InChI=1S/C20H30N2O6S/c1-5-18(19(23)21-13-11-15(12-14-21)20(24)28-6-2)22(29(4,25)26)16-7-9-17(27-3)10-8-16/h7-10,15,18H,5-6,11-14H2,1-4H3/t18-/m1/s1. The van der Waals surface area contributed by atoms with Gasteiger partial charge in [-0.3, -0.25) is 13.9 Å². The SMILES string of the molecule is CCOC(=O)C1CCN(C(=O)[C@@H](CC)N(c2ccc(OC)cc2)S(C)(=O)=O)CC1. The van der Waals surface area contributed by atoms with E-state index in [-0.39, 0.29) is 17.8 Å². The first-order valence-electron chi connectivity index (χ1n) is 9.81. The fraction of sp³-hybridized carbons (Fsp3) is 0.600. The van der Waals surface area contributed by atoms with Crippen LogP contribution in [0.1, 0.15) is 33.1 Å². The summed E-state index contributed by atoms with van der Waals surface area (Å²) in [6, 6.07) is 5.73. The molecule has 1 aromatic rings. The monoisotopic (exact) mass is 426 g/mol. The smallest absolute Gasteiger partial charge is 0.309 e. The molecule has 1 aliphatic rings. The Morgan fingerprint density at radius 2 is 1.76 bits per heavy atom. The number of ether oxygens (including phenoxy) is 2. The fourth-order valence-electron chi connectivity index (χ4n) is 3.58. The molecule has 9 heteroatoms. The van der Waals surface area contributed by atoms with Gasteiger partial charge in [-0.2, -0.15) is 0 Å². The molecule has 2 rings (SSSR count). The predicted molar refractivity (Wildman–Crippen MR) is 110 cm³/mol. The first-order valence-corrected chi connectivity index (χ1v) is 11.7. The highest BCUT2D eigenvalue weighted by molar-refractivity contribution is 7.92. The molecule has 0 saturated carbocycles. The normalized spacial score (nSPS) is 16.2. The molecule has 29 heavy (non-hydrogen) atoms. The molecule has 1 aromatic carbocycles. The van der Waals surface area contributed by atoms with Gasteiger partial charge in [0.15, 0.2) is 0 Å². The lowest BCUT2D eigenvalue weighted by Crippen LogP contribution is -2.52. The van der Waals surface area contributed by atoms with Crippen LogP contribution in [-0.4, -0.2) is 64.3 Å². The van der Waals surface area contributed by atoms with Crippen molar-refractivity contribution in [3.8, 4) is 5.75 Å². The number of carbonyl (C=O) groups excluding carboxylic acids is 2. The van der Waals surface area contributed by atoms with Gasteiger partial charge >= 0.3 is 5.97 Å². The van der Waals surface area contributed by atoms with Crippen LogP contribution in [-0.2, 0) is 24.3 Å². The number of piperidine rings is 1. The van der Waals surface area contributed by atoms with Crippen molar-refractivity contribution in [3.05, 3.63) is 24.3 Å². The molecule has 0 spiro atoms. The summed E-state index contributed by atoms with van der Waals surface area (Å²) >= 11 is 0. The van der Waals surface area contributed by atoms with Crippen LogP contribution in [0, 0.1) is 5.92 Å². The number of hydrogen-bond donors (Lipinski definition) is 0. The summed E-state index contributed by atoms with van der Waals surface area (Å²) in [6.45, 7) is 4.69. The molecule has 162 valence electrons. The Bertz CT molecular complexity index is 801. The van der Waals surface area contributed by atoms with Gasteiger partial charge in [0.25, 0.3) is 0 Å². The van der Waals surface area contributed by atoms with Crippen molar-refractivity contribution in [2.24, 2.45) is 5.92 Å². The predicted octanol–water partition coefficient (Wildman–Crippen LogP) is 2.04. The first-order chi connectivity index (χ1) is 13.7. The van der Waals surface area contributed by atoms with Crippen LogP contribution in [0.3, 0.4) is 0 Å². The van der Waals surface area contributed by atoms with Gasteiger partial charge in [0.2, 0.25) is 15.9 Å². The number of likely N-dealkylation sites (tertiary alicyclic amines) is 1. The number of sulfonamides is 1. The summed E-state index contributed by atoms with van der Waals surface area (Å²) in [5.41, 5.74) is 0.412. The number of nitrogens with zero attached hydrogens (tertiary/aromatic N) is 2. The van der Waals surface area contributed by atoms with Gasteiger partial charge in [-0.25, -0.2) is 8.42 Å². The fourth-order valence-corrected chi connectivity index (χ4v) is 4.79. The molecule has 1 amide bonds. The van der Waals surface area contributed by atoms with Crippen molar-refractivity contribution >= 4 is 27.6 Å². The van der Waals surface area contributed by atoms with Crippen LogP contribution in [0.2, 0.25) is 0 Å². The Morgan fingerprint density at radius 3 is 2.21 bits per heavy atom. The summed E-state index contributed by atoms with van der Waals surface area (Å²) in [5.74, 6) is -0.104. The third-order valence-corrected chi connectivity index (χ3v) is 6.25. The van der Waals surface area contributed by atoms with E-state index in [0.29, 0.717) is 50.4 Å². The molecule has 0 aliphatic carbocycles. The maximum Gasteiger partial charge on any atom is 0.309 e. The van der Waals surface area contributed by atoms with Gasteiger partial charge < -0.3 is 14.4 Å². The lowest BCUT2D eigenvalue weighted by molar-refractivity contribution is -0.151. The van der Waals surface area contributed by atoms with Crippen LogP contribution in [0.5, 0.6) is 5.75 Å². The molecule has 8 nitrogen and oxygen atoms in total. The van der Waals surface area contributed by atoms with Gasteiger partial charge in [-0.1, -0.05) is 6.92 Å². The third kappa shape index (κ3) is 5.62. The number of benzene rings is 1. The van der Waals surface area contributed by atoms with E-state index in [1.807, 2.05) is 0 Å². The van der Waals surface area contributed by atoms with Gasteiger partial charge in [-0.15, -0.1) is 0 Å². The van der Waals surface area contributed by atoms with E-state index in [2.05, 4.69) is 0 Å². The molecule has 0 radical (unpaired) electrons. The minimum Gasteiger partial charge on any atom is -0.497 e. The minimum absolute atomic E-state index is 0.216. The maximum atomic E-state index is 13.2. The van der Waals surface area contributed by atoms with Crippen LogP contribution in [0.4, 0.5) is 5.69 Å². The molecule has 0 aromatic heterocycles. The first kappa shape index (κ1) is 23.0. The van der Waals surface area contributed by atoms with Crippen molar-refractivity contribution in [2.75, 3.05) is 37.4 Å². The Hall–Kier alpha value is -2.29. The van der Waals surface area contributed by atoms with E-state index < -0.39 is 16.1 Å². The lowest BCUT2D eigenvalue weighted by atomic mass is 9.96. The van der Waals surface area contributed by atoms with Crippen molar-refractivity contribution in [1.29, 1.82) is 0 Å². The summed E-state index contributed by atoms with van der Waals surface area (Å²) in [5, 5.41) is 0. The number of methoxy groups -OCH3 is 1. The van der Waals surface area contributed by atoms with Crippen molar-refractivity contribution in [2.45, 2.75) is 39.2 Å². The van der Waals surface area contributed by atoms with Gasteiger partial charge in [0.05, 0.1) is 31.6 Å². The molecular weight excluding hydrogens is 396 g/mol. The van der Waals surface area contributed by atoms with Crippen LogP contribution in [0.25, 0.3) is 0 Å². The topological polar surface area (TPSA) is 93.2 Å². The minimum atomic E-state index is -3.69. The highest BCUT2D eigenvalue weighted by Crippen LogP contribution is 2.27. The summed E-state index contributed by atoms with van der Waals surface area (Å²) in [7, 11) is -2.16. The Morgan fingerprint density at radius 1 is 1.17 bits per heavy atom. The van der Waals surface area contributed by atoms with E-state index >= 15 is 0 Å². The third-order valence-electron chi connectivity index (χ3n) is 5.07. The van der Waals surface area contributed by atoms with Crippen LogP contribution in [0.15, 0.2) is 24.3 Å². The van der Waals surface area contributed by atoms with Crippen molar-refractivity contribution in [1.82, 2.24) is 4.90 Å². The van der Waals surface area contributed by atoms with E-state index in [1.165, 1.54) is 11.4 Å². The second-order valence-electron chi connectivity index (χ2n) is 7.03. The average molecular weight is 427 g/mol. The largest absolute Gasteiger partial charge is 0.497 e. The Labute approximate surface area is 172 Å². The van der Waals surface area contributed by atoms with E-state index in [0.717, 1.165) is 6.26 Å². The zero-order chi connectivity index (χ0) is 21.6. The zero-order valence-electron chi connectivity index (χ0n) is 17.5. The molecule has 0 unspecified atom stereocenters. The van der Waals surface area contributed by atoms with Crippen LogP contribution >= 0.6 is 0 Å². The highest BCUT2D eigenvalue weighted by atomic mass is 32.2. The number of carbonyl (C=O) groups is 2. The van der Waals surface area contributed by atoms with E-state index in [9.17, 15) is 18.0 Å². The number of hydrogen-bond acceptors (Lipinski definition) is 6. The van der Waals surface area contributed by atoms with Crippen LogP contribution < -0.4 is 9.04 Å². The second kappa shape index (κ2) is 9.96. The van der Waals surface area contributed by atoms with E-state index in [1.54, 1.807) is 43.0 Å². The number of anilines is 1. The quantitative estimate of drug-likeness (QED) is 0.591. The summed E-state index contributed by atoms with van der Waals surface area (Å²) in [4.78, 5) is 26.8. The highest BCUT2D eigenvalue weighted by Gasteiger charge is 2.36. The molecule has 0 N–H and O–H groups in total. The van der Waals surface area contributed by atoms with Gasteiger partial charge in [0, 0.05) is 13.1 Å². The molecule has 0 bridgehead atoms. The molecule has 1 saturated heterocycles. The summed E-state index contributed by atoms with van der Waals surface area (Å²) < 4.78 is 36.5. The van der Waals surface area contributed by atoms with E-state index in [4.69, 9.17) is 9.47 Å². The number of esters is 1. The molecule has 1 heterocycles. The summed E-state index contributed by atoms with van der Waals surface area (Å²) in [6.07, 6.45) is 2.46. The number of amides is 1. The molecular formula is C20H30N2O6S. The average Bonchev–Trinajstić information content (AvgIpc) is 2.71. The Balaban J connectivity index is 2.20. The maximum absolute atomic E-state index is 13.2. The Kier molecular flexibility index (Phi) is 7.89. The van der Waals surface area contributed by atoms with Crippen molar-refractivity contribution in [3.63, 3.8) is 0 Å². The second-order valence-corrected chi connectivity index (χ2v) is 8.89. The van der Waals surface area contributed by atoms with Crippen molar-refractivity contribution < 1.29 is 27.5 Å². The van der Waals surface area contributed by atoms with Gasteiger partial charge in [-0.05, 0) is 50.5 Å². The van der Waals surface area contributed by atoms with Gasteiger partial charge in [0.1, 0.15) is 11.8 Å². The molecule has 1 atom stereocenters. The zero-order valence-corrected chi connectivity index (χ0v) is 18.3. The lowest BCUT2D eigenvalue weighted by Gasteiger charge is -2.37. The number of rotatable bonds is 8.